The Morgan fingerprint density at radius 2 is 1.89 bits per heavy atom. The van der Waals surface area contributed by atoms with E-state index in [-0.39, 0.29) is 0 Å². The van der Waals surface area contributed by atoms with Crippen LogP contribution in [-0.4, -0.2) is 21.5 Å². The number of halogens is 3. The summed E-state index contributed by atoms with van der Waals surface area (Å²) < 4.78 is 1.72. The molecule has 0 saturated heterocycles. The largest absolute Gasteiger partial charge is 0.330 e. The van der Waals surface area contributed by atoms with Crippen molar-refractivity contribution in [3.05, 3.63) is 44.7 Å². The number of rotatable bonds is 4. The summed E-state index contributed by atoms with van der Waals surface area (Å²) in [6.45, 7) is 0.956. The second-order valence-corrected chi connectivity index (χ2v) is 4.94. The third-order valence-electron chi connectivity index (χ3n) is 2.55. The predicted molar refractivity (Wildman–Crippen MR) is 73.4 cm³/mol. The van der Waals surface area contributed by atoms with Gasteiger partial charge in [0.05, 0.1) is 28.5 Å². The zero-order chi connectivity index (χ0) is 13.1. The molecule has 0 bridgehead atoms. The van der Waals surface area contributed by atoms with E-state index in [2.05, 4.69) is 10.3 Å². The van der Waals surface area contributed by atoms with E-state index >= 15 is 0 Å². The Morgan fingerprint density at radius 1 is 1.17 bits per heavy atom. The van der Waals surface area contributed by atoms with Crippen molar-refractivity contribution in [2.45, 2.75) is 13.0 Å². The van der Waals surface area contributed by atoms with Gasteiger partial charge in [0.1, 0.15) is 0 Å². The van der Waals surface area contributed by atoms with E-state index in [9.17, 15) is 0 Å². The summed E-state index contributed by atoms with van der Waals surface area (Å²) in [6, 6.07) is 3.38. The highest BCUT2D eigenvalue weighted by Gasteiger charge is 2.12. The fraction of sp³-hybridized carbons (Fsp3) is 0.273. The van der Waals surface area contributed by atoms with Crippen LogP contribution in [-0.2, 0) is 13.0 Å². The fourth-order valence-corrected chi connectivity index (χ4v) is 2.28. The molecule has 0 amide bonds. The summed E-state index contributed by atoms with van der Waals surface area (Å²) in [7, 11) is 0. The minimum atomic E-state index is 0.424. The lowest BCUT2D eigenvalue weighted by molar-refractivity contribution is 0.617. The van der Waals surface area contributed by atoms with E-state index in [1.165, 1.54) is 0 Å². The highest BCUT2D eigenvalue weighted by atomic mass is 35.5. The molecule has 0 aliphatic rings. The molecule has 7 heteroatoms. The summed E-state index contributed by atoms with van der Waals surface area (Å²) in [5.41, 5.74) is 7.19. The van der Waals surface area contributed by atoms with Gasteiger partial charge in [-0.2, -0.15) is 0 Å². The maximum atomic E-state index is 6.14. The lowest BCUT2D eigenvalue weighted by atomic mass is 10.2. The molecule has 4 nitrogen and oxygen atoms in total. The van der Waals surface area contributed by atoms with Crippen molar-refractivity contribution >= 4 is 34.8 Å². The molecule has 2 aromatic rings. The summed E-state index contributed by atoms with van der Waals surface area (Å²) in [6.07, 6.45) is 2.38. The van der Waals surface area contributed by atoms with Gasteiger partial charge in [-0.05, 0) is 18.7 Å². The Labute approximate surface area is 120 Å². The molecule has 0 saturated carbocycles. The van der Waals surface area contributed by atoms with Gasteiger partial charge in [0, 0.05) is 17.0 Å². The molecule has 18 heavy (non-hydrogen) atoms. The zero-order valence-corrected chi connectivity index (χ0v) is 11.7. The Kier molecular flexibility index (Phi) is 4.45. The molecule has 0 unspecified atom stereocenters. The van der Waals surface area contributed by atoms with Gasteiger partial charge in [0.15, 0.2) is 0 Å². The minimum Gasteiger partial charge on any atom is -0.330 e. The number of aromatic nitrogens is 3. The molecule has 1 aromatic carbocycles. The van der Waals surface area contributed by atoms with Gasteiger partial charge >= 0.3 is 0 Å². The number of hydrogen-bond donors (Lipinski definition) is 1. The van der Waals surface area contributed by atoms with Crippen LogP contribution in [0.25, 0.3) is 0 Å². The van der Waals surface area contributed by atoms with Crippen LogP contribution in [0.4, 0.5) is 0 Å². The molecule has 96 valence electrons. The van der Waals surface area contributed by atoms with E-state index in [4.69, 9.17) is 40.5 Å². The van der Waals surface area contributed by atoms with Crippen LogP contribution in [0.1, 0.15) is 11.3 Å². The summed E-state index contributed by atoms with van der Waals surface area (Å²) in [5, 5.41) is 9.32. The van der Waals surface area contributed by atoms with Gasteiger partial charge in [0.25, 0.3) is 0 Å². The third kappa shape index (κ3) is 2.78. The maximum absolute atomic E-state index is 6.14. The first-order chi connectivity index (χ1) is 8.63. The van der Waals surface area contributed by atoms with Gasteiger partial charge in [-0.15, -0.1) is 5.10 Å². The third-order valence-corrected chi connectivity index (χ3v) is 3.74. The van der Waals surface area contributed by atoms with Gasteiger partial charge in [-0.25, -0.2) is 4.68 Å². The first kappa shape index (κ1) is 13.6. The lowest BCUT2D eigenvalue weighted by Crippen LogP contribution is -2.11. The van der Waals surface area contributed by atoms with Crippen LogP contribution >= 0.6 is 34.8 Å². The van der Waals surface area contributed by atoms with Gasteiger partial charge in [-0.3, -0.25) is 0 Å². The molecule has 0 aliphatic carbocycles. The second kappa shape index (κ2) is 5.89. The van der Waals surface area contributed by atoms with Crippen molar-refractivity contribution < 1.29 is 0 Å². The molecule has 0 spiro atoms. The van der Waals surface area contributed by atoms with Crippen LogP contribution in [0.2, 0.25) is 15.1 Å². The number of nitrogens with zero attached hydrogens (tertiary/aromatic N) is 3. The van der Waals surface area contributed by atoms with Crippen LogP contribution < -0.4 is 5.73 Å². The van der Waals surface area contributed by atoms with E-state index in [1.54, 1.807) is 23.0 Å². The molecular weight excluding hydrogens is 295 g/mol. The van der Waals surface area contributed by atoms with Gasteiger partial charge < -0.3 is 5.73 Å². The molecular formula is C11H11Cl3N4. The molecule has 0 aliphatic heterocycles. The van der Waals surface area contributed by atoms with Crippen molar-refractivity contribution in [3.8, 4) is 0 Å². The smallest absolute Gasteiger partial charge is 0.0725 e. The first-order valence-electron chi connectivity index (χ1n) is 5.33. The number of benzene rings is 1. The fourth-order valence-electron chi connectivity index (χ4n) is 1.62. The average Bonchev–Trinajstić information content (AvgIpc) is 2.78. The standard InChI is InChI=1S/C11H11Cl3N4/c12-9-1-2-10(13)11(14)8(9)6-18-7(3-4-15)5-16-17-18/h1-2,5H,3-4,6,15H2. The Bertz CT molecular complexity index is 553. The minimum absolute atomic E-state index is 0.424. The molecule has 2 rings (SSSR count). The van der Waals surface area contributed by atoms with E-state index < -0.39 is 0 Å². The van der Waals surface area contributed by atoms with Crippen molar-refractivity contribution in [1.29, 1.82) is 0 Å². The van der Waals surface area contributed by atoms with Gasteiger partial charge in [-0.1, -0.05) is 40.0 Å². The Morgan fingerprint density at radius 3 is 2.61 bits per heavy atom. The van der Waals surface area contributed by atoms with E-state index in [0.717, 1.165) is 11.3 Å². The summed E-state index contributed by atoms with van der Waals surface area (Å²) in [4.78, 5) is 0. The lowest BCUT2D eigenvalue weighted by Gasteiger charge is -2.10. The van der Waals surface area contributed by atoms with Crippen LogP contribution in [0.3, 0.4) is 0 Å². The zero-order valence-electron chi connectivity index (χ0n) is 9.41. The molecule has 1 heterocycles. The quantitative estimate of drug-likeness (QED) is 0.884. The SMILES string of the molecule is NCCc1cnnn1Cc1c(Cl)ccc(Cl)c1Cl. The predicted octanol–water partition coefficient (Wildman–Crippen LogP) is 2.79. The molecule has 0 fully saturated rings. The second-order valence-electron chi connectivity index (χ2n) is 3.74. The first-order valence-corrected chi connectivity index (χ1v) is 6.46. The normalized spacial score (nSPS) is 10.9. The molecule has 2 N–H and O–H groups in total. The van der Waals surface area contributed by atoms with Crippen LogP contribution in [0, 0.1) is 0 Å². The van der Waals surface area contributed by atoms with Crippen molar-refractivity contribution in [2.75, 3.05) is 6.54 Å². The molecule has 0 atom stereocenters. The van der Waals surface area contributed by atoms with Crippen molar-refractivity contribution in [1.82, 2.24) is 15.0 Å². The Balaban J connectivity index is 2.34. The van der Waals surface area contributed by atoms with Crippen molar-refractivity contribution in [3.63, 3.8) is 0 Å². The van der Waals surface area contributed by atoms with E-state index in [1.807, 2.05) is 0 Å². The number of nitrogens with two attached hydrogens (primary N) is 1. The molecule has 0 radical (unpaired) electrons. The van der Waals surface area contributed by atoms with E-state index in [0.29, 0.717) is 34.6 Å². The summed E-state index contributed by atoms with van der Waals surface area (Å²) in [5.74, 6) is 0. The Hall–Kier alpha value is -0.810. The molecule has 1 aromatic heterocycles. The van der Waals surface area contributed by atoms with Crippen molar-refractivity contribution in [2.24, 2.45) is 5.73 Å². The van der Waals surface area contributed by atoms with Crippen LogP contribution in [0.5, 0.6) is 0 Å². The van der Waals surface area contributed by atoms with Crippen LogP contribution in [0.15, 0.2) is 18.3 Å². The maximum Gasteiger partial charge on any atom is 0.0725 e. The topological polar surface area (TPSA) is 56.7 Å². The summed E-state index contributed by atoms with van der Waals surface area (Å²) >= 11 is 18.2. The highest BCUT2D eigenvalue weighted by Crippen LogP contribution is 2.31. The monoisotopic (exact) mass is 304 g/mol. The number of hydrogen-bond acceptors (Lipinski definition) is 3. The van der Waals surface area contributed by atoms with Gasteiger partial charge in [0.2, 0.25) is 0 Å². The highest BCUT2D eigenvalue weighted by molar-refractivity contribution is 6.44. The average molecular weight is 306 g/mol.